The number of benzene rings is 3. The first kappa shape index (κ1) is 16.3. The van der Waals surface area contributed by atoms with Crippen molar-refractivity contribution in [2.75, 3.05) is 0 Å². The molecular formula is C22H22FN. The number of halogens is 1. The Labute approximate surface area is 141 Å². The standard InChI is InChI=1S/C18H16.C4H5N.FH/c1-3-7-15-13(5-1)9-11-18-16-8-4-2-6-14(16)10-12-17(15)18;1-2-4-5-3-1;/h1,3,5,7,9-12H,2,4,6,8H2;1-5H;1H. The molecule has 24 heavy (non-hydrogen) atoms. The van der Waals surface area contributed by atoms with Gasteiger partial charge in [-0.25, -0.2) is 0 Å². The first-order chi connectivity index (χ1) is 11.4. The number of aromatic nitrogens is 1. The summed E-state index contributed by atoms with van der Waals surface area (Å²) in [6.07, 6.45) is 8.97. The molecule has 1 aliphatic carbocycles. The lowest BCUT2D eigenvalue weighted by Gasteiger charge is -2.18. The van der Waals surface area contributed by atoms with Crippen LogP contribution in [0.4, 0.5) is 4.70 Å². The van der Waals surface area contributed by atoms with E-state index in [0.29, 0.717) is 0 Å². The van der Waals surface area contributed by atoms with E-state index < -0.39 is 0 Å². The maximum Gasteiger partial charge on any atom is 0.000496 e. The summed E-state index contributed by atoms with van der Waals surface area (Å²) in [5.74, 6) is 0. The predicted octanol–water partition coefficient (Wildman–Crippen LogP) is 6.04. The van der Waals surface area contributed by atoms with Gasteiger partial charge in [0.1, 0.15) is 0 Å². The molecule has 0 fully saturated rings. The van der Waals surface area contributed by atoms with E-state index in [0.717, 1.165) is 0 Å². The smallest absolute Gasteiger partial charge is 0.000496 e. The molecule has 1 nitrogen and oxygen atoms in total. The zero-order valence-electron chi connectivity index (χ0n) is 13.7. The van der Waals surface area contributed by atoms with Crippen molar-refractivity contribution in [1.82, 2.24) is 4.98 Å². The van der Waals surface area contributed by atoms with Crippen molar-refractivity contribution in [3.63, 3.8) is 0 Å². The second kappa shape index (κ2) is 7.31. The molecule has 0 bridgehead atoms. The fourth-order valence-electron chi connectivity index (χ4n) is 3.62. The summed E-state index contributed by atoms with van der Waals surface area (Å²) < 4.78 is 0. The number of fused-ring (bicyclic) bond motifs is 5. The molecule has 0 atom stereocenters. The SMILES string of the molecule is F.c1cc[nH]c1.c1ccc2c(c1)ccc1c3c(ccc12)CCCC3. The molecule has 1 aliphatic rings. The van der Waals surface area contributed by atoms with Crippen LogP contribution in [0.25, 0.3) is 21.5 Å². The van der Waals surface area contributed by atoms with Crippen LogP contribution in [0.2, 0.25) is 0 Å². The second-order valence-corrected chi connectivity index (χ2v) is 6.18. The Morgan fingerprint density at radius 1 is 0.625 bits per heavy atom. The van der Waals surface area contributed by atoms with E-state index in [1.807, 2.05) is 24.5 Å². The zero-order chi connectivity index (χ0) is 15.5. The van der Waals surface area contributed by atoms with Crippen LogP contribution in [0.15, 0.2) is 73.1 Å². The van der Waals surface area contributed by atoms with E-state index in [9.17, 15) is 0 Å². The van der Waals surface area contributed by atoms with Crippen LogP contribution in [0.3, 0.4) is 0 Å². The third kappa shape index (κ3) is 3.05. The van der Waals surface area contributed by atoms with Gasteiger partial charge in [-0.2, -0.15) is 0 Å². The Kier molecular flexibility index (Phi) is 4.95. The molecule has 0 spiro atoms. The van der Waals surface area contributed by atoms with Crippen LogP contribution < -0.4 is 0 Å². The van der Waals surface area contributed by atoms with E-state index in [1.165, 1.54) is 47.2 Å². The Balaban J connectivity index is 0.000000245. The van der Waals surface area contributed by atoms with Gasteiger partial charge < -0.3 is 4.98 Å². The Bertz CT molecular complexity index is 908. The van der Waals surface area contributed by atoms with Crippen LogP contribution >= 0.6 is 0 Å². The molecule has 122 valence electrons. The highest BCUT2D eigenvalue weighted by Crippen LogP contribution is 2.33. The zero-order valence-corrected chi connectivity index (χ0v) is 13.7. The molecule has 3 aromatic carbocycles. The van der Waals surface area contributed by atoms with Crippen molar-refractivity contribution >= 4 is 21.5 Å². The van der Waals surface area contributed by atoms with Gasteiger partial charge in [-0.3, -0.25) is 4.70 Å². The van der Waals surface area contributed by atoms with Crippen LogP contribution in [0.5, 0.6) is 0 Å². The molecule has 0 aliphatic heterocycles. The maximum atomic E-state index is 2.86. The molecule has 0 saturated heterocycles. The van der Waals surface area contributed by atoms with E-state index in [4.69, 9.17) is 0 Å². The minimum atomic E-state index is 0. The largest absolute Gasteiger partial charge is 0.368 e. The van der Waals surface area contributed by atoms with E-state index in [2.05, 4.69) is 53.5 Å². The number of aromatic amines is 1. The summed E-state index contributed by atoms with van der Waals surface area (Å²) in [6, 6.07) is 21.9. The van der Waals surface area contributed by atoms with Gasteiger partial charge in [-0.1, -0.05) is 48.5 Å². The van der Waals surface area contributed by atoms with Crippen molar-refractivity contribution in [2.45, 2.75) is 25.7 Å². The molecule has 0 radical (unpaired) electrons. The second-order valence-electron chi connectivity index (χ2n) is 6.18. The number of rotatable bonds is 0. The number of hydrogen-bond acceptors (Lipinski definition) is 0. The van der Waals surface area contributed by atoms with Crippen LogP contribution in [-0.4, -0.2) is 4.98 Å². The van der Waals surface area contributed by atoms with E-state index >= 15 is 0 Å². The number of nitrogens with one attached hydrogen (secondary N) is 1. The highest BCUT2D eigenvalue weighted by Gasteiger charge is 2.13. The first-order valence-electron chi connectivity index (χ1n) is 8.43. The molecule has 1 heterocycles. The van der Waals surface area contributed by atoms with Gasteiger partial charge in [0.25, 0.3) is 0 Å². The van der Waals surface area contributed by atoms with Crippen molar-refractivity contribution in [2.24, 2.45) is 0 Å². The number of H-pyrrole nitrogens is 1. The fraction of sp³-hybridized carbons (Fsp3) is 0.182. The molecule has 2 heteroatoms. The third-order valence-electron chi connectivity index (χ3n) is 4.75. The van der Waals surface area contributed by atoms with Crippen LogP contribution in [0, 0.1) is 0 Å². The first-order valence-corrected chi connectivity index (χ1v) is 8.43. The molecule has 1 aromatic heterocycles. The van der Waals surface area contributed by atoms with Gasteiger partial charge in [0.2, 0.25) is 0 Å². The van der Waals surface area contributed by atoms with Gasteiger partial charge in [0.15, 0.2) is 0 Å². The molecule has 0 saturated carbocycles. The highest BCUT2D eigenvalue weighted by atomic mass is 19.0. The molecular weight excluding hydrogens is 297 g/mol. The lowest BCUT2D eigenvalue weighted by molar-refractivity contribution is 0.690. The van der Waals surface area contributed by atoms with Gasteiger partial charge in [-0.05, 0) is 70.5 Å². The molecule has 0 unspecified atom stereocenters. The summed E-state index contributed by atoms with van der Waals surface area (Å²) >= 11 is 0. The average Bonchev–Trinajstić information content (AvgIpc) is 3.21. The fourth-order valence-corrected chi connectivity index (χ4v) is 3.62. The van der Waals surface area contributed by atoms with E-state index in [-0.39, 0.29) is 4.70 Å². The molecule has 4 aromatic rings. The topological polar surface area (TPSA) is 15.8 Å². The van der Waals surface area contributed by atoms with Crippen molar-refractivity contribution < 1.29 is 4.70 Å². The lowest BCUT2D eigenvalue weighted by Crippen LogP contribution is -2.02. The Morgan fingerprint density at radius 3 is 2.17 bits per heavy atom. The lowest BCUT2D eigenvalue weighted by atomic mass is 9.86. The normalized spacial score (nSPS) is 12.8. The molecule has 5 rings (SSSR count). The Hall–Kier alpha value is -2.61. The average molecular weight is 319 g/mol. The summed E-state index contributed by atoms with van der Waals surface area (Å²) in [7, 11) is 0. The van der Waals surface area contributed by atoms with Gasteiger partial charge in [-0.15, -0.1) is 0 Å². The van der Waals surface area contributed by atoms with Gasteiger partial charge in [0.05, 0.1) is 0 Å². The third-order valence-corrected chi connectivity index (χ3v) is 4.75. The summed E-state index contributed by atoms with van der Waals surface area (Å²) in [5.41, 5.74) is 3.17. The number of hydrogen-bond donors (Lipinski definition) is 1. The molecule has 0 amide bonds. The summed E-state index contributed by atoms with van der Waals surface area (Å²) in [4.78, 5) is 2.86. The molecule has 1 N–H and O–H groups in total. The highest BCUT2D eigenvalue weighted by molar-refractivity contribution is 6.08. The van der Waals surface area contributed by atoms with Crippen LogP contribution in [-0.2, 0) is 12.8 Å². The van der Waals surface area contributed by atoms with Crippen molar-refractivity contribution in [3.8, 4) is 0 Å². The van der Waals surface area contributed by atoms with Crippen molar-refractivity contribution in [1.29, 1.82) is 0 Å². The number of aryl methyl sites for hydroxylation is 2. The quantitative estimate of drug-likeness (QED) is 0.380. The van der Waals surface area contributed by atoms with Gasteiger partial charge in [0, 0.05) is 12.4 Å². The monoisotopic (exact) mass is 319 g/mol. The maximum absolute atomic E-state index is 2.86. The van der Waals surface area contributed by atoms with Crippen molar-refractivity contribution in [3.05, 3.63) is 84.2 Å². The van der Waals surface area contributed by atoms with Crippen LogP contribution in [0.1, 0.15) is 24.0 Å². The summed E-state index contributed by atoms with van der Waals surface area (Å²) in [5, 5.41) is 5.64. The predicted molar refractivity (Wildman–Crippen MR) is 101 cm³/mol. The minimum absolute atomic E-state index is 0. The summed E-state index contributed by atoms with van der Waals surface area (Å²) in [6.45, 7) is 0. The Morgan fingerprint density at radius 2 is 1.38 bits per heavy atom. The van der Waals surface area contributed by atoms with E-state index in [1.54, 1.807) is 11.1 Å². The van der Waals surface area contributed by atoms with Gasteiger partial charge >= 0.3 is 0 Å². The minimum Gasteiger partial charge on any atom is -0.368 e.